The topological polar surface area (TPSA) is 65.3 Å². The molecule has 6 heteroatoms. The molecule has 0 radical (unpaired) electrons. The summed E-state index contributed by atoms with van der Waals surface area (Å²) in [4.78, 5) is 14.7. The maximum atomic E-state index is 11.0. The minimum Gasteiger partial charge on any atom is -0.480 e. The lowest BCUT2D eigenvalue weighted by atomic mass is 10.1. The van der Waals surface area contributed by atoms with Crippen molar-refractivity contribution in [1.82, 2.24) is 4.98 Å². The molecule has 0 aliphatic rings. The predicted molar refractivity (Wildman–Crippen MR) is 76.1 cm³/mol. The highest BCUT2D eigenvalue weighted by Crippen LogP contribution is 2.28. The van der Waals surface area contributed by atoms with Crippen LogP contribution in [0.2, 0.25) is 5.15 Å². The van der Waals surface area contributed by atoms with Crippen LogP contribution in [0.15, 0.2) is 36.4 Å². The molecule has 2 rings (SSSR count). The maximum absolute atomic E-state index is 11.0. The molecule has 2 aromatic rings. The summed E-state index contributed by atoms with van der Waals surface area (Å²) >= 11 is 5.77. The van der Waals surface area contributed by atoms with E-state index in [1.165, 1.54) is 6.07 Å². The van der Waals surface area contributed by atoms with Gasteiger partial charge in [-0.1, -0.05) is 30.7 Å². The second kappa shape index (κ2) is 6.34. The molecular weight excluding hydrogens is 280 g/mol. The Morgan fingerprint density at radius 1 is 1.35 bits per heavy atom. The van der Waals surface area contributed by atoms with E-state index in [9.17, 15) is 10.1 Å². The van der Waals surface area contributed by atoms with Gasteiger partial charge < -0.3 is 4.74 Å². The van der Waals surface area contributed by atoms with Gasteiger partial charge in [-0.3, -0.25) is 10.1 Å². The van der Waals surface area contributed by atoms with Crippen molar-refractivity contribution in [3.8, 4) is 5.75 Å². The molecule has 1 heterocycles. The van der Waals surface area contributed by atoms with E-state index in [0.29, 0.717) is 10.8 Å². The first-order valence-electron chi connectivity index (χ1n) is 6.11. The maximum Gasteiger partial charge on any atom is 0.311 e. The van der Waals surface area contributed by atoms with Crippen molar-refractivity contribution in [3.63, 3.8) is 0 Å². The van der Waals surface area contributed by atoms with E-state index < -0.39 is 4.92 Å². The van der Waals surface area contributed by atoms with E-state index in [1.54, 1.807) is 24.3 Å². The first kappa shape index (κ1) is 14.3. The molecule has 0 bridgehead atoms. The van der Waals surface area contributed by atoms with Gasteiger partial charge >= 0.3 is 5.69 Å². The van der Waals surface area contributed by atoms with Crippen molar-refractivity contribution in [2.45, 2.75) is 20.0 Å². The van der Waals surface area contributed by atoms with Crippen LogP contribution >= 0.6 is 11.6 Å². The molecule has 0 aliphatic carbocycles. The Morgan fingerprint density at radius 3 is 2.80 bits per heavy atom. The van der Waals surface area contributed by atoms with Gasteiger partial charge in [0.1, 0.15) is 11.8 Å². The molecule has 5 nitrogen and oxygen atoms in total. The molecular formula is C14H13ClN2O3. The number of aryl methyl sites for hydroxylation is 1. The minimum atomic E-state index is -0.445. The lowest BCUT2D eigenvalue weighted by Gasteiger charge is -2.07. The number of aromatic nitrogens is 1. The Morgan fingerprint density at radius 2 is 2.15 bits per heavy atom. The van der Waals surface area contributed by atoms with Crippen LogP contribution in [0, 0.1) is 10.1 Å². The van der Waals surface area contributed by atoms with E-state index >= 15 is 0 Å². The first-order chi connectivity index (χ1) is 9.60. The third-order valence-corrected chi connectivity index (χ3v) is 2.99. The molecule has 0 fully saturated rings. The molecule has 1 aromatic carbocycles. The summed E-state index contributed by atoms with van der Waals surface area (Å²) in [6.07, 6.45) is 0.733. The lowest BCUT2D eigenvalue weighted by Crippen LogP contribution is -2.01. The Labute approximate surface area is 121 Å². The molecule has 20 heavy (non-hydrogen) atoms. The third kappa shape index (κ3) is 3.45. The summed E-state index contributed by atoms with van der Waals surface area (Å²) in [6.45, 7) is 2.07. The summed E-state index contributed by atoms with van der Waals surface area (Å²) < 4.78 is 5.48. The fourth-order valence-corrected chi connectivity index (χ4v) is 1.91. The van der Waals surface area contributed by atoms with Crippen LogP contribution in [0.1, 0.15) is 18.2 Å². The van der Waals surface area contributed by atoms with E-state index in [-0.39, 0.29) is 18.0 Å². The summed E-state index contributed by atoms with van der Waals surface area (Å²) in [5.74, 6) is 0.231. The highest BCUT2D eigenvalue weighted by atomic mass is 35.5. The van der Waals surface area contributed by atoms with Crippen LogP contribution < -0.4 is 4.74 Å². The number of nitro benzene ring substituents is 1. The summed E-state index contributed by atoms with van der Waals surface area (Å²) in [5.41, 5.74) is 1.47. The third-order valence-electron chi connectivity index (χ3n) is 2.78. The first-order valence-corrected chi connectivity index (χ1v) is 6.49. The summed E-state index contributed by atoms with van der Waals surface area (Å²) in [6, 6.07) is 10.1. The van der Waals surface area contributed by atoms with Gasteiger partial charge in [0, 0.05) is 6.07 Å². The molecule has 0 amide bonds. The summed E-state index contributed by atoms with van der Waals surface area (Å²) in [7, 11) is 0. The van der Waals surface area contributed by atoms with Gasteiger partial charge in [0.15, 0.2) is 5.75 Å². The highest BCUT2D eigenvalue weighted by Gasteiger charge is 2.15. The Bertz CT molecular complexity index is 632. The number of nitro groups is 1. The largest absolute Gasteiger partial charge is 0.480 e. The van der Waals surface area contributed by atoms with Crippen molar-refractivity contribution in [1.29, 1.82) is 0 Å². The number of halogens is 1. The molecule has 0 atom stereocenters. The van der Waals surface area contributed by atoms with Gasteiger partial charge in [0.25, 0.3) is 0 Å². The van der Waals surface area contributed by atoms with Crippen LogP contribution in [-0.4, -0.2) is 9.91 Å². The Hall–Kier alpha value is -2.14. The zero-order chi connectivity index (χ0) is 14.5. The zero-order valence-electron chi connectivity index (χ0n) is 10.9. The second-order valence-electron chi connectivity index (χ2n) is 4.15. The van der Waals surface area contributed by atoms with E-state index in [1.807, 2.05) is 13.0 Å². The van der Waals surface area contributed by atoms with Crippen LogP contribution in [0.25, 0.3) is 0 Å². The summed E-state index contributed by atoms with van der Waals surface area (Å²) in [5, 5.41) is 11.4. The van der Waals surface area contributed by atoms with Gasteiger partial charge in [0.2, 0.25) is 0 Å². The van der Waals surface area contributed by atoms with E-state index in [2.05, 4.69) is 4.98 Å². The zero-order valence-corrected chi connectivity index (χ0v) is 11.6. The number of hydrogen-bond donors (Lipinski definition) is 0. The smallest absolute Gasteiger partial charge is 0.311 e. The minimum absolute atomic E-state index is 0.0358. The van der Waals surface area contributed by atoms with Crippen LogP contribution in [0.4, 0.5) is 5.69 Å². The van der Waals surface area contributed by atoms with Gasteiger partial charge in [-0.25, -0.2) is 4.98 Å². The van der Waals surface area contributed by atoms with E-state index in [0.717, 1.165) is 12.0 Å². The lowest BCUT2D eigenvalue weighted by molar-refractivity contribution is -0.386. The SMILES string of the molecule is CCc1ccc(OCc2cccc(Cl)n2)c([N+](=O)[O-])c1. The Balaban J connectivity index is 2.18. The highest BCUT2D eigenvalue weighted by molar-refractivity contribution is 6.29. The van der Waals surface area contributed by atoms with Crippen molar-refractivity contribution in [2.75, 3.05) is 0 Å². The quantitative estimate of drug-likeness (QED) is 0.478. The van der Waals surface area contributed by atoms with Gasteiger partial charge in [-0.05, 0) is 30.2 Å². The fraction of sp³-hybridized carbons (Fsp3) is 0.214. The van der Waals surface area contributed by atoms with Gasteiger partial charge in [-0.2, -0.15) is 0 Å². The number of rotatable bonds is 5. The molecule has 0 spiro atoms. The molecule has 104 valence electrons. The van der Waals surface area contributed by atoms with Gasteiger partial charge in [0.05, 0.1) is 10.6 Å². The molecule has 0 saturated heterocycles. The number of benzene rings is 1. The Kier molecular flexibility index (Phi) is 4.53. The number of nitrogens with zero attached hydrogens (tertiary/aromatic N) is 2. The predicted octanol–water partition coefficient (Wildman–Crippen LogP) is 3.78. The van der Waals surface area contributed by atoms with E-state index in [4.69, 9.17) is 16.3 Å². The van der Waals surface area contributed by atoms with Crippen molar-refractivity contribution < 1.29 is 9.66 Å². The second-order valence-corrected chi connectivity index (χ2v) is 4.54. The molecule has 0 aliphatic heterocycles. The standard InChI is InChI=1S/C14H13ClN2O3/c1-2-10-6-7-13(12(8-10)17(18)19)20-9-11-4-3-5-14(15)16-11/h3-8H,2,9H2,1H3. The normalized spacial score (nSPS) is 10.3. The van der Waals surface area contributed by atoms with Gasteiger partial charge in [-0.15, -0.1) is 0 Å². The van der Waals surface area contributed by atoms with Crippen LogP contribution in [0.5, 0.6) is 5.75 Å². The van der Waals surface area contributed by atoms with Crippen molar-refractivity contribution in [2.24, 2.45) is 0 Å². The van der Waals surface area contributed by atoms with Crippen molar-refractivity contribution >= 4 is 17.3 Å². The average Bonchev–Trinajstić information content (AvgIpc) is 2.45. The number of pyridine rings is 1. The van der Waals surface area contributed by atoms with Crippen molar-refractivity contribution in [3.05, 3.63) is 62.9 Å². The van der Waals surface area contributed by atoms with Crippen LogP contribution in [0.3, 0.4) is 0 Å². The molecule has 0 saturated carbocycles. The van der Waals surface area contributed by atoms with Crippen LogP contribution in [-0.2, 0) is 13.0 Å². The monoisotopic (exact) mass is 292 g/mol. The number of ether oxygens (including phenoxy) is 1. The molecule has 0 unspecified atom stereocenters. The molecule has 1 aromatic heterocycles. The molecule has 0 N–H and O–H groups in total. The number of hydrogen-bond acceptors (Lipinski definition) is 4. The average molecular weight is 293 g/mol. The fourth-order valence-electron chi connectivity index (χ4n) is 1.73.